The average Bonchev–Trinajstić information content (AvgIpc) is 2.38. The lowest BCUT2D eigenvalue weighted by Gasteiger charge is -2.10. The quantitative estimate of drug-likeness (QED) is 0.448. The Labute approximate surface area is 108 Å². The van der Waals surface area contributed by atoms with E-state index in [9.17, 15) is 22.0 Å². The SMILES string of the molecule is Nc1cc(Nc2c(F)c(F)c(F)c(F)c2F)nc(N)n1. The van der Waals surface area contributed by atoms with E-state index in [2.05, 4.69) is 9.97 Å². The van der Waals surface area contributed by atoms with Crippen LogP contribution in [0.25, 0.3) is 0 Å². The van der Waals surface area contributed by atoms with Crippen LogP contribution in [0.5, 0.6) is 0 Å². The molecule has 10 heteroatoms. The molecule has 0 fully saturated rings. The van der Waals surface area contributed by atoms with Crippen LogP contribution in [0, 0.1) is 29.1 Å². The summed E-state index contributed by atoms with van der Waals surface area (Å²) in [6.45, 7) is 0. The van der Waals surface area contributed by atoms with Crippen molar-refractivity contribution in [1.29, 1.82) is 0 Å². The minimum atomic E-state index is -2.26. The molecule has 0 spiro atoms. The maximum Gasteiger partial charge on any atom is 0.223 e. The number of rotatable bonds is 2. The van der Waals surface area contributed by atoms with Gasteiger partial charge in [-0.15, -0.1) is 0 Å². The summed E-state index contributed by atoms with van der Waals surface area (Å²) in [5.74, 6) is -11.3. The van der Waals surface area contributed by atoms with Crippen molar-refractivity contribution in [3.8, 4) is 0 Å². The van der Waals surface area contributed by atoms with Crippen LogP contribution in [0.15, 0.2) is 6.07 Å². The number of halogens is 5. The first kappa shape index (κ1) is 13.8. The minimum Gasteiger partial charge on any atom is -0.383 e. The zero-order chi connectivity index (χ0) is 15.0. The van der Waals surface area contributed by atoms with Gasteiger partial charge in [-0.3, -0.25) is 0 Å². The molecule has 0 aliphatic rings. The first-order chi connectivity index (χ1) is 9.31. The van der Waals surface area contributed by atoms with E-state index in [0.29, 0.717) is 0 Å². The number of nitrogens with one attached hydrogen (secondary N) is 1. The largest absolute Gasteiger partial charge is 0.383 e. The summed E-state index contributed by atoms with van der Waals surface area (Å²) >= 11 is 0. The van der Waals surface area contributed by atoms with Crippen LogP contribution in [-0.2, 0) is 0 Å². The van der Waals surface area contributed by atoms with Crippen molar-refractivity contribution in [2.24, 2.45) is 0 Å². The standard InChI is InChI=1S/C10H6F5N5/c11-4-5(12)7(14)9(8(15)6(4)13)19-3-1-2(16)18-10(17)20-3/h1H,(H5,16,17,18,19,20). The fourth-order valence-electron chi connectivity index (χ4n) is 1.39. The Kier molecular flexibility index (Phi) is 3.30. The molecule has 5 nitrogen and oxygen atoms in total. The second-order valence-corrected chi connectivity index (χ2v) is 3.61. The van der Waals surface area contributed by atoms with E-state index in [-0.39, 0.29) is 17.6 Å². The molecule has 0 aliphatic heterocycles. The van der Waals surface area contributed by atoms with Crippen molar-refractivity contribution in [2.45, 2.75) is 0 Å². The maximum atomic E-state index is 13.4. The molecule has 0 radical (unpaired) electrons. The molecule has 0 atom stereocenters. The summed E-state index contributed by atoms with van der Waals surface area (Å²) in [6, 6.07) is 1.01. The summed E-state index contributed by atoms with van der Waals surface area (Å²) in [5.41, 5.74) is 9.28. The van der Waals surface area contributed by atoms with Gasteiger partial charge in [0.15, 0.2) is 23.3 Å². The molecule has 5 N–H and O–H groups in total. The Morgan fingerprint density at radius 3 is 1.80 bits per heavy atom. The number of benzene rings is 1. The Bertz CT molecular complexity index is 641. The Hall–Kier alpha value is -2.65. The zero-order valence-corrected chi connectivity index (χ0v) is 9.52. The maximum absolute atomic E-state index is 13.4. The smallest absolute Gasteiger partial charge is 0.223 e. The second-order valence-electron chi connectivity index (χ2n) is 3.61. The highest BCUT2D eigenvalue weighted by atomic mass is 19.2. The number of hydrogen-bond acceptors (Lipinski definition) is 5. The van der Waals surface area contributed by atoms with E-state index < -0.39 is 34.8 Å². The fraction of sp³-hybridized carbons (Fsp3) is 0. The molecule has 2 rings (SSSR count). The molecule has 0 amide bonds. The third-order valence-corrected chi connectivity index (χ3v) is 2.23. The number of nitrogens with zero attached hydrogens (tertiary/aromatic N) is 2. The molecule has 106 valence electrons. The molecule has 0 saturated carbocycles. The number of nitrogens with two attached hydrogens (primary N) is 2. The monoisotopic (exact) mass is 291 g/mol. The Morgan fingerprint density at radius 2 is 1.30 bits per heavy atom. The molecule has 1 aromatic carbocycles. The molecular formula is C10H6F5N5. The molecular weight excluding hydrogens is 285 g/mol. The first-order valence-electron chi connectivity index (χ1n) is 4.99. The van der Waals surface area contributed by atoms with E-state index >= 15 is 0 Å². The van der Waals surface area contributed by atoms with Crippen molar-refractivity contribution >= 4 is 23.3 Å². The summed E-state index contributed by atoms with van der Waals surface area (Å²) in [5, 5.41) is 1.92. The van der Waals surface area contributed by atoms with Crippen LogP contribution in [0.2, 0.25) is 0 Å². The highest BCUT2D eigenvalue weighted by molar-refractivity contribution is 5.61. The topological polar surface area (TPSA) is 89.8 Å². The molecule has 20 heavy (non-hydrogen) atoms. The number of aromatic nitrogens is 2. The van der Waals surface area contributed by atoms with Crippen molar-refractivity contribution in [2.75, 3.05) is 16.8 Å². The summed E-state index contributed by atoms with van der Waals surface area (Å²) < 4.78 is 65.6. The van der Waals surface area contributed by atoms with Crippen LogP contribution >= 0.6 is 0 Å². The third-order valence-electron chi connectivity index (χ3n) is 2.23. The fourth-order valence-corrected chi connectivity index (χ4v) is 1.39. The molecule has 1 aromatic heterocycles. The normalized spacial score (nSPS) is 10.7. The van der Waals surface area contributed by atoms with Crippen molar-refractivity contribution in [3.05, 3.63) is 35.2 Å². The van der Waals surface area contributed by atoms with Gasteiger partial charge >= 0.3 is 0 Å². The lowest BCUT2D eigenvalue weighted by atomic mass is 10.2. The predicted molar refractivity (Wildman–Crippen MR) is 60.4 cm³/mol. The van der Waals surface area contributed by atoms with Gasteiger partial charge in [0.05, 0.1) is 0 Å². The van der Waals surface area contributed by atoms with Gasteiger partial charge in [-0.25, -0.2) is 22.0 Å². The predicted octanol–water partition coefficient (Wildman–Crippen LogP) is 2.08. The zero-order valence-electron chi connectivity index (χ0n) is 9.52. The van der Waals surface area contributed by atoms with Crippen molar-refractivity contribution in [1.82, 2.24) is 9.97 Å². The van der Waals surface area contributed by atoms with Gasteiger partial charge in [-0.2, -0.15) is 9.97 Å². The van der Waals surface area contributed by atoms with Crippen LogP contribution in [0.1, 0.15) is 0 Å². The summed E-state index contributed by atoms with van der Waals surface area (Å²) in [6.07, 6.45) is 0. The van der Waals surface area contributed by atoms with Crippen LogP contribution in [0.3, 0.4) is 0 Å². The number of anilines is 4. The second kappa shape index (κ2) is 4.79. The molecule has 0 saturated heterocycles. The highest BCUT2D eigenvalue weighted by Gasteiger charge is 2.26. The lowest BCUT2D eigenvalue weighted by Crippen LogP contribution is -2.09. The van der Waals surface area contributed by atoms with E-state index in [4.69, 9.17) is 11.5 Å². The van der Waals surface area contributed by atoms with Gasteiger partial charge in [0.2, 0.25) is 11.8 Å². The van der Waals surface area contributed by atoms with E-state index in [0.717, 1.165) is 6.07 Å². The van der Waals surface area contributed by atoms with Gasteiger partial charge < -0.3 is 16.8 Å². The lowest BCUT2D eigenvalue weighted by molar-refractivity contribution is 0.382. The molecule has 2 aromatic rings. The third kappa shape index (κ3) is 2.27. The van der Waals surface area contributed by atoms with Gasteiger partial charge in [0.25, 0.3) is 0 Å². The number of nitrogen functional groups attached to an aromatic ring is 2. The van der Waals surface area contributed by atoms with Gasteiger partial charge in [0.1, 0.15) is 17.3 Å². The van der Waals surface area contributed by atoms with Crippen LogP contribution in [-0.4, -0.2) is 9.97 Å². The van der Waals surface area contributed by atoms with Gasteiger partial charge in [0, 0.05) is 6.07 Å². The van der Waals surface area contributed by atoms with Crippen molar-refractivity contribution < 1.29 is 22.0 Å². The van der Waals surface area contributed by atoms with Crippen LogP contribution in [0.4, 0.5) is 45.2 Å². The highest BCUT2D eigenvalue weighted by Crippen LogP contribution is 2.29. The summed E-state index contributed by atoms with van der Waals surface area (Å²) in [4.78, 5) is 6.98. The molecule has 0 aliphatic carbocycles. The molecule has 1 heterocycles. The molecule has 0 bridgehead atoms. The first-order valence-corrected chi connectivity index (χ1v) is 4.99. The summed E-state index contributed by atoms with van der Waals surface area (Å²) in [7, 11) is 0. The molecule has 0 unspecified atom stereocenters. The number of hydrogen-bond donors (Lipinski definition) is 3. The van der Waals surface area contributed by atoms with E-state index in [1.165, 1.54) is 0 Å². The van der Waals surface area contributed by atoms with E-state index in [1.807, 2.05) is 5.32 Å². The Morgan fingerprint density at radius 1 is 0.800 bits per heavy atom. The van der Waals surface area contributed by atoms with Gasteiger partial charge in [-0.1, -0.05) is 0 Å². The van der Waals surface area contributed by atoms with E-state index in [1.54, 1.807) is 0 Å². The Balaban J connectivity index is 2.54. The van der Waals surface area contributed by atoms with Gasteiger partial charge in [-0.05, 0) is 0 Å². The average molecular weight is 291 g/mol. The van der Waals surface area contributed by atoms with Crippen LogP contribution < -0.4 is 16.8 Å². The van der Waals surface area contributed by atoms with Crippen molar-refractivity contribution in [3.63, 3.8) is 0 Å². The minimum absolute atomic E-state index is 0.149.